The van der Waals surface area contributed by atoms with Gasteiger partial charge in [0.25, 0.3) is 0 Å². The largest absolute Gasteiger partial charge is 0.458 e. The first kappa shape index (κ1) is 20.6. The summed E-state index contributed by atoms with van der Waals surface area (Å²) < 4.78 is 5.43. The second-order valence-corrected chi connectivity index (χ2v) is 7.41. The number of hydrogen-bond donors (Lipinski definition) is 3. The summed E-state index contributed by atoms with van der Waals surface area (Å²) in [5, 5.41) is 11.7. The summed E-state index contributed by atoms with van der Waals surface area (Å²) in [4.78, 5) is 26.8. The van der Waals surface area contributed by atoms with Crippen molar-refractivity contribution in [2.75, 3.05) is 6.54 Å². The number of hydrogen-bond acceptors (Lipinski definition) is 5. The van der Waals surface area contributed by atoms with Crippen molar-refractivity contribution in [1.82, 2.24) is 15.7 Å². The monoisotopic (exact) mass is 359 g/mol. The highest BCUT2D eigenvalue weighted by Gasteiger charge is 2.39. The molecular formula is C16H29N3O4S. The Balaban J connectivity index is 2.82. The van der Waals surface area contributed by atoms with Crippen LogP contribution in [0.15, 0.2) is 0 Å². The minimum atomic E-state index is -0.587. The lowest BCUT2D eigenvalue weighted by Gasteiger charge is -2.30. The van der Waals surface area contributed by atoms with Gasteiger partial charge in [-0.15, -0.1) is 0 Å². The van der Waals surface area contributed by atoms with Gasteiger partial charge in [0.2, 0.25) is 5.91 Å². The molecule has 7 nitrogen and oxygen atoms in total. The first-order valence-electron chi connectivity index (χ1n) is 8.43. The molecule has 2 atom stereocenters. The van der Waals surface area contributed by atoms with Crippen LogP contribution in [0.5, 0.6) is 0 Å². The highest BCUT2D eigenvalue weighted by molar-refractivity contribution is 7.80. The molecule has 0 saturated carbocycles. The number of nitrogens with one attached hydrogen (secondary N) is 2. The molecule has 1 amide bonds. The Kier molecular flexibility index (Phi) is 7.89. The van der Waals surface area contributed by atoms with E-state index in [4.69, 9.17) is 22.2 Å². The van der Waals surface area contributed by atoms with Crippen LogP contribution in [-0.2, 0) is 14.3 Å². The summed E-state index contributed by atoms with van der Waals surface area (Å²) in [6.07, 6.45) is 3.71. The number of esters is 1. The molecule has 1 aliphatic rings. The third-order valence-electron chi connectivity index (χ3n) is 3.77. The Hall–Kier alpha value is -1.41. The number of amides is 1. The molecule has 0 aromatic heterocycles. The van der Waals surface area contributed by atoms with E-state index < -0.39 is 17.7 Å². The van der Waals surface area contributed by atoms with E-state index in [0.717, 1.165) is 19.3 Å². The fourth-order valence-electron chi connectivity index (χ4n) is 2.70. The molecule has 8 heteroatoms. The summed E-state index contributed by atoms with van der Waals surface area (Å²) in [7, 11) is 0. The summed E-state index contributed by atoms with van der Waals surface area (Å²) >= 11 is 4.89. The maximum absolute atomic E-state index is 12.9. The third-order valence-corrected chi connectivity index (χ3v) is 3.98. The van der Waals surface area contributed by atoms with Crippen molar-refractivity contribution in [2.45, 2.75) is 77.5 Å². The average Bonchev–Trinajstić information content (AvgIpc) is 2.98. The van der Waals surface area contributed by atoms with Gasteiger partial charge in [0, 0.05) is 6.54 Å². The van der Waals surface area contributed by atoms with E-state index in [0.29, 0.717) is 19.4 Å². The number of rotatable bonds is 6. The van der Waals surface area contributed by atoms with Crippen LogP contribution in [-0.4, -0.2) is 51.3 Å². The summed E-state index contributed by atoms with van der Waals surface area (Å²) in [5.41, 5.74) is 1.25. The van der Waals surface area contributed by atoms with E-state index >= 15 is 0 Å². The normalized spacial score (nSPS) is 18.9. The average molecular weight is 359 g/mol. The molecule has 0 bridgehead atoms. The van der Waals surface area contributed by atoms with Gasteiger partial charge < -0.3 is 15.0 Å². The Morgan fingerprint density at radius 2 is 2.08 bits per heavy atom. The van der Waals surface area contributed by atoms with E-state index in [-0.39, 0.29) is 17.0 Å². The lowest BCUT2D eigenvalue weighted by molar-refractivity contribution is -0.163. The molecule has 1 saturated heterocycles. The van der Waals surface area contributed by atoms with Crippen LogP contribution in [0.25, 0.3) is 0 Å². The van der Waals surface area contributed by atoms with Gasteiger partial charge in [0.15, 0.2) is 5.11 Å². The predicted octanol–water partition coefficient (Wildman–Crippen LogP) is 1.73. The molecule has 24 heavy (non-hydrogen) atoms. The zero-order chi connectivity index (χ0) is 18.3. The number of carbonyl (C=O) groups is 2. The lowest BCUT2D eigenvalue weighted by atomic mass is 10.1. The highest BCUT2D eigenvalue weighted by atomic mass is 32.1. The van der Waals surface area contributed by atoms with Gasteiger partial charge in [-0.2, -0.15) is 0 Å². The highest BCUT2D eigenvalue weighted by Crippen LogP contribution is 2.22. The summed E-state index contributed by atoms with van der Waals surface area (Å²) in [6.45, 7) is 7.98. The number of hydroxylamine groups is 1. The molecule has 0 unspecified atom stereocenters. The molecule has 0 aromatic carbocycles. The summed E-state index contributed by atoms with van der Waals surface area (Å²) in [6, 6.07) is -1.13. The lowest BCUT2D eigenvalue weighted by Crippen LogP contribution is -2.53. The smallest absolute Gasteiger partial charge is 0.329 e. The Morgan fingerprint density at radius 1 is 1.42 bits per heavy atom. The molecule has 0 aliphatic carbocycles. The molecule has 1 fully saturated rings. The standard InChI is InChI=1S/C16H29N3O4S/c1-5-6-8-11(17-15(24)18-22)13(20)19-10-7-9-12(19)14(21)23-16(2,3)4/h11-12,22H,5-10H2,1-4H3,(H2,17,18,24)/t11-,12-/m0/s1. The number of ether oxygens (including phenoxy) is 1. The third kappa shape index (κ3) is 6.24. The molecular weight excluding hydrogens is 330 g/mol. The predicted molar refractivity (Wildman–Crippen MR) is 94.5 cm³/mol. The van der Waals surface area contributed by atoms with E-state index in [9.17, 15) is 9.59 Å². The van der Waals surface area contributed by atoms with E-state index in [1.165, 1.54) is 0 Å². The zero-order valence-electron chi connectivity index (χ0n) is 14.9. The van der Waals surface area contributed by atoms with Crippen molar-refractivity contribution in [3.05, 3.63) is 0 Å². The fourth-order valence-corrected chi connectivity index (χ4v) is 2.84. The molecule has 138 valence electrons. The van der Waals surface area contributed by atoms with Gasteiger partial charge in [-0.05, 0) is 52.3 Å². The van der Waals surface area contributed by atoms with Crippen molar-refractivity contribution in [2.24, 2.45) is 0 Å². The van der Waals surface area contributed by atoms with Crippen LogP contribution in [0.3, 0.4) is 0 Å². The maximum atomic E-state index is 12.9. The van der Waals surface area contributed by atoms with Crippen molar-refractivity contribution in [1.29, 1.82) is 0 Å². The van der Waals surface area contributed by atoms with Crippen LogP contribution in [0.1, 0.15) is 59.8 Å². The Labute approximate surface area is 149 Å². The number of thiocarbonyl (C=S) groups is 1. The van der Waals surface area contributed by atoms with E-state index in [1.54, 1.807) is 4.90 Å². The molecule has 1 aliphatic heterocycles. The topological polar surface area (TPSA) is 90.9 Å². The van der Waals surface area contributed by atoms with Crippen LogP contribution in [0.2, 0.25) is 0 Å². The molecule has 1 heterocycles. The minimum absolute atomic E-state index is 0.00234. The van der Waals surface area contributed by atoms with Crippen molar-refractivity contribution < 1.29 is 19.5 Å². The maximum Gasteiger partial charge on any atom is 0.329 e. The van der Waals surface area contributed by atoms with Gasteiger partial charge in [-0.1, -0.05) is 19.8 Å². The van der Waals surface area contributed by atoms with Crippen LogP contribution < -0.4 is 10.8 Å². The number of carbonyl (C=O) groups excluding carboxylic acids is 2. The molecule has 0 spiro atoms. The first-order valence-corrected chi connectivity index (χ1v) is 8.84. The second kappa shape index (κ2) is 9.17. The first-order chi connectivity index (χ1) is 11.2. The van der Waals surface area contributed by atoms with Crippen LogP contribution in [0.4, 0.5) is 0 Å². The minimum Gasteiger partial charge on any atom is -0.458 e. The van der Waals surface area contributed by atoms with Gasteiger partial charge in [0.05, 0.1) is 0 Å². The Bertz CT molecular complexity index is 465. The van der Waals surface area contributed by atoms with Crippen LogP contribution >= 0.6 is 12.2 Å². The molecule has 3 N–H and O–H groups in total. The molecule has 0 radical (unpaired) electrons. The van der Waals surface area contributed by atoms with Crippen molar-refractivity contribution >= 4 is 29.2 Å². The van der Waals surface area contributed by atoms with Crippen molar-refractivity contribution in [3.8, 4) is 0 Å². The molecule has 0 aromatic rings. The SMILES string of the molecule is CCCC[C@H](NC(=S)NO)C(=O)N1CCC[C@H]1C(=O)OC(C)(C)C. The van der Waals surface area contributed by atoms with Gasteiger partial charge in [-0.25, -0.2) is 10.3 Å². The zero-order valence-corrected chi connectivity index (χ0v) is 15.7. The van der Waals surface area contributed by atoms with E-state index in [2.05, 4.69) is 5.32 Å². The summed E-state index contributed by atoms with van der Waals surface area (Å²) in [5.74, 6) is -0.556. The Morgan fingerprint density at radius 3 is 2.62 bits per heavy atom. The fraction of sp³-hybridized carbons (Fsp3) is 0.812. The van der Waals surface area contributed by atoms with Gasteiger partial charge in [-0.3, -0.25) is 10.0 Å². The quantitative estimate of drug-likeness (QED) is 0.378. The number of nitrogens with zero attached hydrogens (tertiary/aromatic N) is 1. The number of likely N-dealkylation sites (tertiary alicyclic amines) is 1. The van der Waals surface area contributed by atoms with Crippen LogP contribution in [0, 0.1) is 0 Å². The van der Waals surface area contributed by atoms with Crippen molar-refractivity contribution in [3.63, 3.8) is 0 Å². The van der Waals surface area contributed by atoms with Gasteiger partial charge in [0.1, 0.15) is 17.7 Å². The second-order valence-electron chi connectivity index (χ2n) is 7.00. The van der Waals surface area contributed by atoms with Gasteiger partial charge >= 0.3 is 5.97 Å². The van der Waals surface area contributed by atoms with E-state index in [1.807, 2.05) is 33.2 Å². The molecule has 1 rings (SSSR count). The number of unbranched alkanes of at least 4 members (excludes halogenated alkanes) is 1.